The lowest BCUT2D eigenvalue weighted by atomic mass is 9.85. The molecule has 1 saturated heterocycles. The Hall–Kier alpha value is -2.00. The molecule has 2 aliphatic rings. The molecule has 2 aromatic rings. The van der Waals surface area contributed by atoms with Gasteiger partial charge in [0.25, 0.3) is 5.91 Å². The van der Waals surface area contributed by atoms with Gasteiger partial charge < -0.3 is 4.90 Å². The number of hydrogen-bond donors (Lipinski definition) is 0. The highest BCUT2D eigenvalue weighted by Crippen LogP contribution is 2.46. The standard InChI is InChI=1S/C16H18N4O3S2/c1-11-18-12(8-24-11)15(21)19-7-5-16(9-19)10-20(25(2,22)23)13-4-3-6-17-14(13)16/h3-4,6,8H,5,7,9-10H2,1-2H3/t16-/m1/s1. The molecule has 1 spiro atoms. The summed E-state index contributed by atoms with van der Waals surface area (Å²) in [5, 5.41) is 2.63. The van der Waals surface area contributed by atoms with Crippen LogP contribution in [-0.4, -0.2) is 55.1 Å². The van der Waals surface area contributed by atoms with Crippen LogP contribution in [-0.2, 0) is 15.4 Å². The van der Waals surface area contributed by atoms with Gasteiger partial charge in [-0.25, -0.2) is 13.4 Å². The summed E-state index contributed by atoms with van der Waals surface area (Å²) >= 11 is 1.45. The number of hydrogen-bond acceptors (Lipinski definition) is 6. The molecular formula is C16H18N4O3S2. The largest absolute Gasteiger partial charge is 0.336 e. The number of nitrogens with zero attached hydrogens (tertiary/aromatic N) is 4. The van der Waals surface area contributed by atoms with Gasteiger partial charge in [-0.15, -0.1) is 11.3 Å². The first-order valence-electron chi connectivity index (χ1n) is 7.95. The number of pyridine rings is 1. The molecule has 25 heavy (non-hydrogen) atoms. The highest BCUT2D eigenvalue weighted by atomic mass is 32.2. The minimum Gasteiger partial charge on any atom is -0.336 e. The molecule has 1 amide bonds. The van der Waals surface area contributed by atoms with Crippen LogP contribution < -0.4 is 4.31 Å². The molecule has 0 N–H and O–H groups in total. The van der Waals surface area contributed by atoms with Gasteiger partial charge in [-0.2, -0.15) is 0 Å². The van der Waals surface area contributed by atoms with Crippen LogP contribution in [0.1, 0.15) is 27.6 Å². The van der Waals surface area contributed by atoms with Crippen LogP contribution in [0.2, 0.25) is 0 Å². The van der Waals surface area contributed by atoms with E-state index in [9.17, 15) is 13.2 Å². The number of aromatic nitrogens is 2. The average molecular weight is 378 g/mol. The van der Waals surface area contributed by atoms with Gasteiger partial charge in [-0.3, -0.25) is 14.1 Å². The third-order valence-corrected chi connectivity index (χ3v) is 6.78. The minimum atomic E-state index is -3.39. The Bertz CT molecular complexity index is 956. The van der Waals surface area contributed by atoms with Gasteiger partial charge in [0, 0.05) is 31.2 Å². The lowest BCUT2D eigenvalue weighted by Crippen LogP contribution is -2.40. The van der Waals surface area contributed by atoms with E-state index in [2.05, 4.69) is 9.97 Å². The Morgan fingerprint density at radius 1 is 1.36 bits per heavy atom. The lowest BCUT2D eigenvalue weighted by molar-refractivity contribution is 0.0779. The topological polar surface area (TPSA) is 83.5 Å². The molecule has 1 atom stereocenters. The van der Waals surface area contributed by atoms with E-state index in [1.807, 2.05) is 6.92 Å². The molecule has 0 unspecified atom stereocenters. The van der Waals surface area contributed by atoms with Crippen molar-refractivity contribution in [2.24, 2.45) is 0 Å². The monoisotopic (exact) mass is 378 g/mol. The van der Waals surface area contributed by atoms with Crippen LogP contribution in [0.25, 0.3) is 0 Å². The van der Waals surface area contributed by atoms with Crippen molar-refractivity contribution in [3.8, 4) is 0 Å². The number of sulfonamides is 1. The predicted octanol–water partition coefficient (Wildman–Crippen LogP) is 1.41. The van der Waals surface area contributed by atoms with Crippen molar-refractivity contribution in [2.45, 2.75) is 18.8 Å². The summed E-state index contributed by atoms with van der Waals surface area (Å²) < 4.78 is 25.8. The van der Waals surface area contributed by atoms with Crippen molar-refractivity contribution in [3.05, 3.63) is 40.1 Å². The second kappa shape index (κ2) is 5.50. The Morgan fingerprint density at radius 2 is 2.16 bits per heavy atom. The number of amides is 1. The van der Waals surface area contributed by atoms with Gasteiger partial charge in [0.05, 0.1) is 28.1 Å². The molecular weight excluding hydrogens is 360 g/mol. The Labute approximate surface area is 150 Å². The highest BCUT2D eigenvalue weighted by Gasteiger charge is 2.51. The first-order valence-corrected chi connectivity index (χ1v) is 10.7. The highest BCUT2D eigenvalue weighted by molar-refractivity contribution is 7.92. The van der Waals surface area contributed by atoms with Crippen molar-refractivity contribution in [1.82, 2.24) is 14.9 Å². The maximum Gasteiger partial charge on any atom is 0.273 e. The molecule has 2 aromatic heterocycles. The van der Waals surface area contributed by atoms with E-state index in [0.29, 0.717) is 37.4 Å². The van der Waals surface area contributed by atoms with Crippen molar-refractivity contribution in [1.29, 1.82) is 0 Å². The molecule has 0 bridgehead atoms. The minimum absolute atomic E-state index is 0.100. The molecule has 132 valence electrons. The van der Waals surface area contributed by atoms with Gasteiger partial charge in [0.2, 0.25) is 10.0 Å². The number of fused-ring (bicyclic) bond motifs is 2. The SMILES string of the molecule is Cc1nc(C(=O)N2CC[C@@]3(C2)CN(S(C)(=O)=O)c2cccnc23)cs1. The van der Waals surface area contributed by atoms with Gasteiger partial charge in [0.15, 0.2) is 0 Å². The van der Waals surface area contributed by atoms with Crippen LogP contribution in [0.5, 0.6) is 0 Å². The van der Waals surface area contributed by atoms with E-state index in [4.69, 9.17) is 0 Å². The summed E-state index contributed by atoms with van der Waals surface area (Å²) in [6, 6.07) is 3.53. The molecule has 0 radical (unpaired) electrons. The summed E-state index contributed by atoms with van der Waals surface area (Å²) in [5.41, 5.74) is 1.41. The Morgan fingerprint density at radius 3 is 2.84 bits per heavy atom. The Kier molecular flexibility index (Phi) is 3.62. The molecule has 9 heteroatoms. The predicted molar refractivity (Wildman–Crippen MR) is 95.5 cm³/mol. The van der Waals surface area contributed by atoms with E-state index in [1.165, 1.54) is 21.9 Å². The number of likely N-dealkylation sites (tertiary alicyclic amines) is 1. The number of carbonyl (C=O) groups is 1. The van der Waals surface area contributed by atoms with Crippen LogP contribution in [0, 0.1) is 6.92 Å². The summed E-state index contributed by atoms with van der Waals surface area (Å²) in [6.07, 6.45) is 3.58. The Balaban J connectivity index is 1.67. The van der Waals surface area contributed by atoms with Gasteiger partial charge in [-0.05, 0) is 25.5 Å². The van der Waals surface area contributed by atoms with E-state index in [1.54, 1.807) is 28.6 Å². The number of aryl methyl sites for hydroxylation is 1. The summed E-state index contributed by atoms with van der Waals surface area (Å²) in [5.74, 6) is -0.100. The number of anilines is 1. The first kappa shape index (κ1) is 16.5. The normalized spacial score (nSPS) is 22.6. The van der Waals surface area contributed by atoms with Gasteiger partial charge in [0.1, 0.15) is 5.69 Å². The van der Waals surface area contributed by atoms with Crippen LogP contribution in [0.3, 0.4) is 0 Å². The molecule has 4 heterocycles. The fourth-order valence-electron chi connectivity index (χ4n) is 3.73. The molecule has 0 aliphatic carbocycles. The summed E-state index contributed by atoms with van der Waals surface area (Å²) in [7, 11) is -3.39. The number of thiazole rings is 1. The number of carbonyl (C=O) groups excluding carboxylic acids is 1. The van der Waals surface area contributed by atoms with E-state index in [-0.39, 0.29) is 5.91 Å². The van der Waals surface area contributed by atoms with Gasteiger partial charge >= 0.3 is 0 Å². The maximum absolute atomic E-state index is 12.7. The van der Waals surface area contributed by atoms with Gasteiger partial charge in [-0.1, -0.05) is 0 Å². The molecule has 1 fully saturated rings. The zero-order valence-electron chi connectivity index (χ0n) is 14.0. The molecule has 2 aliphatic heterocycles. The summed E-state index contributed by atoms with van der Waals surface area (Å²) in [6.45, 7) is 3.23. The van der Waals surface area contributed by atoms with Crippen LogP contribution >= 0.6 is 11.3 Å². The number of rotatable bonds is 2. The van der Waals surface area contributed by atoms with Crippen molar-refractivity contribution in [3.63, 3.8) is 0 Å². The van der Waals surface area contributed by atoms with E-state index >= 15 is 0 Å². The zero-order chi connectivity index (χ0) is 17.8. The van der Waals surface area contributed by atoms with Crippen molar-refractivity contribution in [2.75, 3.05) is 30.2 Å². The average Bonchev–Trinajstić information content (AvgIpc) is 3.26. The van der Waals surface area contributed by atoms with Crippen molar-refractivity contribution >= 4 is 33.0 Å². The second-order valence-electron chi connectivity index (χ2n) is 6.65. The van der Waals surface area contributed by atoms with Crippen LogP contribution in [0.4, 0.5) is 5.69 Å². The maximum atomic E-state index is 12.7. The molecule has 4 rings (SSSR count). The van der Waals surface area contributed by atoms with Crippen LogP contribution in [0.15, 0.2) is 23.7 Å². The molecule has 0 aromatic carbocycles. The quantitative estimate of drug-likeness (QED) is 0.789. The first-order chi connectivity index (χ1) is 11.8. The van der Waals surface area contributed by atoms with Crippen molar-refractivity contribution < 1.29 is 13.2 Å². The van der Waals surface area contributed by atoms with E-state index < -0.39 is 15.4 Å². The fourth-order valence-corrected chi connectivity index (χ4v) is 5.30. The third-order valence-electron chi connectivity index (χ3n) is 4.88. The fraction of sp³-hybridized carbons (Fsp3) is 0.438. The zero-order valence-corrected chi connectivity index (χ0v) is 15.6. The smallest absolute Gasteiger partial charge is 0.273 e. The van der Waals surface area contributed by atoms with E-state index in [0.717, 1.165) is 10.7 Å². The second-order valence-corrected chi connectivity index (χ2v) is 9.62. The summed E-state index contributed by atoms with van der Waals surface area (Å²) in [4.78, 5) is 23.2. The third kappa shape index (κ3) is 2.62. The molecule has 0 saturated carbocycles. The molecule has 7 nitrogen and oxygen atoms in total. The lowest BCUT2D eigenvalue weighted by Gasteiger charge is -2.24.